The van der Waals surface area contributed by atoms with Gasteiger partial charge in [0, 0.05) is 12.6 Å². The number of nitrogens with one attached hydrogen (secondary N) is 2. The molecule has 2 atom stereocenters. The quantitative estimate of drug-likeness (QED) is 0.647. The zero-order chi connectivity index (χ0) is 20.9. The van der Waals surface area contributed by atoms with E-state index in [1.165, 1.54) is 12.1 Å². The number of benzene rings is 2. The molecule has 28 heavy (non-hydrogen) atoms. The number of rotatable bonds is 9. The van der Waals surface area contributed by atoms with E-state index in [-0.39, 0.29) is 22.3 Å². The van der Waals surface area contributed by atoms with Crippen molar-refractivity contribution in [2.24, 2.45) is 5.92 Å². The molecular formula is C20H28N2O4S2. The van der Waals surface area contributed by atoms with Gasteiger partial charge in [-0.25, -0.2) is 26.3 Å². The maximum Gasteiger partial charge on any atom is 0.240 e. The van der Waals surface area contributed by atoms with Crippen molar-refractivity contribution in [3.8, 4) is 0 Å². The third-order valence-electron chi connectivity index (χ3n) is 4.79. The van der Waals surface area contributed by atoms with Crippen LogP contribution in [0.5, 0.6) is 0 Å². The zero-order valence-electron chi connectivity index (χ0n) is 16.6. The van der Waals surface area contributed by atoms with Crippen LogP contribution in [0.2, 0.25) is 0 Å². The van der Waals surface area contributed by atoms with Crippen molar-refractivity contribution in [3.63, 3.8) is 0 Å². The van der Waals surface area contributed by atoms with Crippen LogP contribution in [0.4, 0.5) is 0 Å². The lowest BCUT2D eigenvalue weighted by Crippen LogP contribution is -2.47. The Hall–Kier alpha value is -1.74. The highest BCUT2D eigenvalue weighted by molar-refractivity contribution is 7.90. The fraction of sp³-hybridized carbons (Fsp3) is 0.400. The third-order valence-corrected chi connectivity index (χ3v) is 7.74. The van der Waals surface area contributed by atoms with Crippen LogP contribution in [0.25, 0.3) is 0 Å². The van der Waals surface area contributed by atoms with Crippen LogP contribution in [0.1, 0.15) is 31.4 Å². The minimum absolute atomic E-state index is 0.0314. The molecule has 0 aliphatic heterocycles. The van der Waals surface area contributed by atoms with Crippen LogP contribution in [-0.2, 0) is 20.0 Å². The molecule has 2 rings (SSSR count). The lowest BCUT2D eigenvalue weighted by molar-refractivity contribution is 0.405. The first kappa shape index (κ1) is 22.5. The molecule has 0 spiro atoms. The summed E-state index contributed by atoms with van der Waals surface area (Å²) >= 11 is 0. The molecule has 8 heteroatoms. The second kappa shape index (κ2) is 9.17. The lowest BCUT2D eigenvalue weighted by Gasteiger charge is -2.24. The molecule has 0 radical (unpaired) electrons. The van der Waals surface area contributed by atoms with Crippen LogP contribution >= 0.6 is 0 Å². The summed E-state index contributed by atoms with van der Waals surface area (Å²) < 4.78 is 55.7. The first-order valence-corrected chi connectivity index (χ1v) is 12.2. The highest BCUT2D eigenvalue weighted by Gasteiger charge is 2.26. The number of hydrogen-bond acceptors (Lipinski definition) is 4. The molecule has 2 aromatic carbocycles. The van der Waals surface area contributed by atoms with E-state index >= 15 is 0 Å². The van der Waals surface area contributed by atoms with Crippen LogP contribution in [-0.4, -0.2) is 29.4 Å². The molecule has 0 saturated carbocycles. The van der Waals surface area contributed by atoms with Gasteiger partial charge < -0.3 is 0 Å². The Balaban J connectivity index is 2.17. The van der Waals surface area contributed by atoms with Gasteiger partial charge in [-0.3, -0.25) is 0 Å². The summed E-state index contributed by atoms with van der Waals surface area (Å²) in [5, 5.41) is 0. The molecule has 2 aromatic rings. The van der Waals surface area contributed by atoms with Crippen LogP contribution in [0.3, 0.4) is 0 Å². The van der Waals surface area contributed by atoms with E-state index in [9.17, 15) is 16.8 Å². The van der Waals surface area contributed by atoms with Crippen molar-refractivity contribution >= 4 is 20.0 Å². The summed E-state index contributed by atoms with van der Waals surface area (Å²) in [6, 6.07) is 12.5. The van der Waals surface area contributed by atoms with Crippen LogP contribution in [0, 0.1) is 19.8 Å². The average molecular weight is 425 g/mol. The molecule has 0 amide bonds. The van der Waals surface area contributed by atoms with E-state index < -0.39 is 26.1 Å². The third kappa shape index (κ3) is 5.88. The van der Waals surface area contributed by atoms with Gasteiger partial charge in [0.15, 0.2) is 0 Å². The highest BCUT2D eigenvalue weighted by atomic mass is 32.2. The first-order chi connectivity index (χ1) is 13.0. The molecule has 0 aromatic heterocycles. The van der Waals surface area contributed by atoms with Crippen molar-refractivity contribution in [3.05, 3.63) is 59.7 Å². The Kier molecular flexibility index (Phi) is 7.39. The monoisotopic (exact) mass is 424 g/mol. The van der Waals surface area contributed by atoms with Gasteiger partial charge in [-0.2, -0.15) is 0 Å². The fourth-order valence-corrected chi connectivity index (χ4v) is 5.03. The van der Waals surface area contributed by atoms with Crippen molar-refractivity contribution < 1.29 is 16.8 Å². The van der Waals surface area contributed by atoms with Gasteiger partial charge in [-0.1, -0.05) is 55.7 Å². The average Bonchev–Trinajstić information content (AvgIpc) is 2.65. The van der Waals surface area contributed by atoms with Crippen LogP contribution < -0.4 is 9.44 Å². The van der Waals surface area contributed by atoms with E-state index in [0.29, 0.717) is 6.42 Å². The summed E-state index contributed by atoms with van der Waals surface area (Å²) in [6.45, 7) is 7.55. The summed E-state index contributed by atoms with van der Waals surface area (Å²) in [7, 11) is -7.48. The minimum atomic E-state index is -3.75. The summed E-state index contributed by atoms with van der Waals surface area (Å²) in [5.74, 6) is -0.0547. The summed E-state index contributed by atoms with van der Waals surface area (Å²) in [6.07, 6.45) is 0.702. The SMILES string of the molecule is CCC(C)C(CNS(=O)(=O)c1ccc(C)cc1)NS(=O)(=O)c1ccc(C)cc1. The van der Waals surface area contributed by atoms with Gasteiger partial charge in [0.1, 0.15) is 0 Å². The largest absolute Gasteiger partial charge is 0.240 e. The Morgan fingerprint density at radius 3 is 1.64 bits per heavy atom. The van der Waals surface area contributed by atoms with Gasteiger partial charge in [-0.15, -0.1) is 0 Å². The van der Waals surface area contributed by atoms with E-state index in [1.54, 1.807) is 36.4 Å². The Bertz CT molecular complexity index is 984. The maximum atomic E-state index is 12.7. The van der Waals surface area contributed by atoms with Crippen LogP contribution in [0.15, 0.2) is 58.3 Å². The lowest BCUT2D eigenvalue weighted by atomic mass is 10.0. The number of hydrogen-bond donors (Lipinski definition) is 2. The van der Waals surface area contributed by atoms with E-state index in [4.69, 9.17) is 0 Å². The molecule has 0 saturated heterocycles. The van der Waals surface area contributed by atoms with Gasteiger partial charge >= 0.3 is 0 Å². The predicted molar refractivity (Wildman–Crippen MR) is 111 cm³/mol. The van der Waals surface area contributed by atoms with Gasteiger partial charge in [0.2, 0.25) is 20.0 Å². The highest BCUT2D eigenvalue weighted by Crippen LogP contribution is 2.16. The van der Waals surface area contributed by atoms with Gasteiger partial charge in [-0.05, 0) is 44.0 Å². The number of sulfonamides is 2. The molecular weight excluding hydrogens is 396 g/mol. The molecule has 2 N–H and O–H groups in total. The second-order valence-electron chi connectivity index (χ2n) is 7.09. The first-order valence-electron chi connectivity index (χ1n) is 9.20. The molecule has 0 aliphatic carbocycles. The topological polar surface area (TPSA) is 92.3 Å². The molecule has 2 unspecified atom stereocenters. The van der Waals surface area contributed by atoms with E-state index in [2.05, 4.69) is 9.44 Å². The van der Waals surface area contributed by atoms with Crippen molar-refractivity contribution in [1.82, 2.24) is 9.44 Å². The Morgan fingerprint density at radius 2 is 1.21 bits per heavy atom. The normalized spacial score (nSPS) is 14.6. The molecule has 6 nitrogen and oxygen atoms in total. The summed E-state index contributed by atoms with van der Waals surface area (Å²) in [5.41, 5.74) is 1.92. The smallest absolute Gasteiger partial charge is 0.210 e. The van der Waals surface area contributed by atoms with E-state index in [0.717, 1.165) is 11.1 Å². The van der Waals surface area contributed by atoms with Crippen molar-refractivity contribution in [2.75, 3.05) is 6.54 Å². The molecule has 0 aliphatic rings. The Labute approximate surface area is 168 Å². The molecule has 154 valence electrons. The van der Waals surface area contributed by atoms with Crippen molar-refractivity contribution in [2.45, 2.75) is 49.9 Å². The number of aryl methyl sites for hydroxylation is 2. The second-order valence-corrected chi connectivity index (χ2v) is 10.6. The standard InChI is InChI=1S/C20H28N2O4S2/c1-5-17(4)20(22-28(25,26)19-12-8-16(3)9-13-19)14-21-27(23,24)18-10-6-15(2)7-11-18/h6-13,17,20-22H,5,14H2,1-4H3. The Morgan fingerprint density at radius 1 is 0.786 bits per heavy atom. The minimum Gasteiger partial charge on any atom is -0.210 e. The fourth-order valence-electron chi connectivity index (χ4n) is 2.63. The molecule has 0 heterocycles. The molecule has 0 fully saturated rings. The van der Waals surface area contributed by atoms with Gasteiger partial charge in [0.25, 0.3) is 0 Å². The summed E-state index contributed by atoms with van der Waals surface area (Å²) in [4.78, 5) is 0.315. The van der Waals surface area contributed by atoms with Crippen molar-refractivity contribution in [1.29, 1.82) is 0 Å². The maximum absolute atomic E-state index is 12.7. The van der Waals surface area contributed by atoms with Gasteiger partial charge in [0.05, 0.1) is 9.79 Å². The van der Waals surface area contributed by atoms with E-state index in [1.807, 2.05) is 27.7 Å². The zero-order valence-corrected chi connectivity index (χ0v) is 18.3. The molecule has 0 bridgehead atoms. The predicted octanol–water partition coefficient (Wildman–Crippen LogP) is 2.97.